The van der Waals surface area contributed by atoms with Gasteiger partial charge in [-0.15, -0.1) is 0 Å². The predicted molar refractivity (Wildman–Crippen MR) is 80.0 cm³/mol. The molecule has 0 fully saturated rings. The van der Waals surface area contributed by atoms with Gasteiger partial charge < -0.3 is 5.73 Å². The Morgan fingerprint density at radius 1 is 1.21 bits per heavy atom. The van der Waals surface area contributed by atoms with Gasteiger partial charge in [-0.3, -0.25) is 4.98 Å². The molecule has 1 aromatic carbocycles. The second kappa shape index (κ2) is 5.54. The number of hydrogen-bond acceptors (Lipinski definition) is 2. The van der Waals surface area contributed by atoms with Crippen molar-refractivity contribution in [1.29, 1.82) is 0 Å². The van der Waals surface area contributed by atoms with Gasteiger partial charge in [-0.2, -0.15) is 0 Å². The first-order valence-corrected chi connectivity index (χ1v) is 6.81. The lowest BCUT2D eigenvalue weighted by molar-refractivity contribution is 0.485. The molecule has 0 saturated carbocycles. The van der Waals surface area contributed by atoms with Crippen molar-refractivity contribution in [2.24, 2.45) is 5.73 Å². The molecule has 19 heavy (non-hydrogen) atoms. The van der Waals surface area contributed by atoms with E-state index in [0.717, 1.165) is 24.1 Å². The minimum atomic E-state index is -0.382. The van der Waals surface area contributed by atoms with Crippen LogP contribution in [0.25, 0.3) is 0 Å². The van der Waals surface area contributed by atoms with Crippen molar-refractivity contribution in [3.05, 3.63) is 65.0 Å². The van der Waals surface area contributed by atoms with Crippen LogP contribution in [0.3, 0.4) is 0 Å². The summed E-state index contributed by atoms with van der Waals surface area (Å²) in [5.74, 6) is 0. The number of rotatable bonds is 4. The summed E-state index contributed by atoms with van der Waals surface area (Å²) < 4.78 is 0. The van der Waals surface area contributed by atoms with Gasteiger partial charge >= 0.3 is 0 Å². The summed E-state index contributed by atoms with van der Waals surface area (Å²) in [5.41, 5.74) is 10.8. The van der Waals surface area contributed by atoms with Crippen molar-refractivity contribution in [2.45, 2.75) is 39.2 Å². The van der Waals surface area contributed by atoms with Crippen LogP contribution in [0.15, 0.2) is 42.6 Å². The number of benzene rings is 1. The third kappa shape index (κ3) is 3.42. The van der Waals surface area contributed by atoms with Crippen molar-refractivity contribution in [1.82, 2.24) is 4.98 Å². The lowest BCUT2D eigenvalue weighted by Gasteiger charge is -2.25. The zero-order chi connectivity index (χ0) is 13.9. The first-order valence-electron chi connectivity index (χ1n) is 6.81. The molecule has 0 aliphatic carbocycles. The van der Waals surface area contributed by atoms with Crippen molar-refractivity contribution < 1.29 is 0 Å². The van der Waals surface area contributed by atoms with Gasteiger partial charge in [0.05, 0.1) is 0 Å². The average Bonchev–Trinajstić information content (AvgIpc) is 2.39. The molecule has 0 spiro atoms. The summed E-state index contributed by atoms with van der Waals surface area (Å²) >= 11 is 0. The maximum absolute atomic E-state index is 6.47. The molecule has 2 N–H and O–H groups in total. The molecular formula is C17H22N2. The molecule has 1 aromatic heterocycles. The minimum Gasteiger partial charge on any atom is -0.321 e. The topological polar surface area (TPSA) is 38.9 Å². The maximum atomic E-state index is 6.47. The molecule has 1 unspecified atom stereocenters. The molecule has 2 heteroatoms. The fraction of sp³-hybridized carbons (Fsp3) is 0.353. The van der Waals surface area contributed by atoms with E-state index in [1.54, 1.807) is 0 Å². The normalized spacial score (nSPS) is 14.1. The van der Waals surface area contributed by atoms with Crippen LogP contribution in [-0.2, 0) is 18.4 Å². The van der Waals surface area contributed by atoms with Gasteiger partial charge in [0.1, 0.15) is 0 Å². The number of nitrogens with two attached hydrogens (primary N) is 1. The van der Waals surface area contributed by atoms with Crippen LogP contribution >= 0.6 is 0 Å². The van der Waals surface area contributed by atoms with E-state index in [9.17, 15) is 0 Å². The van der Waals surface area contributed by atoms with E-state index >= 15 is 0 Å². The van der Waals surface area contributed by atoms with Gasteiger partial charge in [-0.25, -0.2) is 0 Å². The van der Waals surface area contributed by atoms with Crippen LogP contribution in [0, 0.1) is 6.92 Å². The first-order chi connectivity index (χ1) is 9.01. The van der Waals surface area contributed by atoms with Crippen LogP contribution in [0.5, 0.6) is 0 Å². The van der Waals surface area contributed by atoms with Crippen molar-refractivity contribution >= 4 is 0 Å². The largest absolute Gasteiger partial charge is 0.321 e. The highest BCUT2D eigenvalue weighted by molar-refractivity contribution is 5.29. The van der Waals surface area contributed by atoms with Gasteiger partial charge in [-0.05, 0) is 37.5 Å². The zero-order valence-electron chi connectivity index (χ0n) is 12.0. The smallest absolute Gasteiger partial charge is 0.0437 e. The highest BCUT2D eigenvalue weighted by Gasteiger charge is 2.22. The molecule has 0 radical (unpaired) electrons. The number of aryl methyl sites for hydroxylation is 2. The van der Waals surface area contributed by atoms with E-state index < -0.39 is 0 Å². The molecule has 100 valence electrons. The summed E-state index contributed by atoms with van der Waals surface area (Å²) in [6, 6.07) is 12.6. The monoisotopic (exact) mass is 254 g/mol. The Morgan fingerprint density at radius 3 is 2.58 bits per heavy atom. The van der Waals surface area contributed by atoms with Crippen LogP contribution in [-0.4, -0.2) is 4.98 Å². The van der Waals surface area contributed by atoms with Crippen LogP contribution < -0.4 is 5.73 Å². The Labute approximate surface area is 115 Å². The average molecular weight is 254 g/mol. The van der Waals surface area contributed by atoms with Gasteiger partial charge in [0.15, 0.2) is 0 Å². The molecule has 1 heterocycles. The van der Waals surface area contributed by atoms with Crippen LogP contribution in [0.2, 0.25) is 0 Å². The van der Waals surface area contributed by atoms with Gasteiger partial charge in [0, 0.05) is 23.9 Å². The van der Waals surface area contributed by atoms with E-state index in [1.165, 1.54) is 11.1 Å². The SMILES string of the molecule is CCc1ccc(CC(C)(N)c2cccc(C)c2)nc1. The Hall–Kier alpha value is -1.67. The highest BCUT2D eigenvalue weighted by atomic mass is 14.8. The molecule has 0 saturated heterocycles. The van der Waals surface area contributed by atoms with E-state index in [4.69, 9.17) is 5.73 Å². The summed E-state index contributed by atoms with van der Waals surface area (Å²) in [7, 11) is 0. The molecule has 0 amide bonds. The third-order valence-corrected chi connectivity index (χ3v) is 3.52. The Morgan fingerprint density at radius 2 is 2.00 bits per heavy atom. The molecule has 2 nitrogen and oxygen atoms in total. The fourth-order valence-electron chi connectivity index (χ4n) is 2.25. The third-order valence-electron chi connectivity index (χ3n) is 3.52. The lowest BCUT2D eigenvalue weighted by atomic mass is 9.87. The van der Waals surface area contributed by atoms with E-state index in [1.807, 2.05) is 6.20 Å². The first kappa shape index (κ1) is 13.8. The van der Waals surface area contributed by atoms with Crippen LogP contribution in [0.1, 0.15) is 36.2 Å². The van der Waals surface area contributed by atoms with E-state index in [-0.39, 0.29) is 5.54 Å². The van der Waals surface area contributed by atoms with Crippen molar-refractivity contribution in [3.8, 4) is 0 Å². The van der Waals surface area contributed by atoms with Crippen LogP contribution in [0.4, 0.5) is 0 Å². The molecule has 2 rings (SSSR count). The summed E-state index contributed by atoms with van der Waals surface area (Å²) in [4.78, 5) is 4.50. The summed E-state index contributed by atoms with van der Waals surface area (Å²) in [5, 5.41) is 0. The van der Waals surface area contributed by atoms with Gasteiger partial charge in [0.2, 0.25) is 0 Å². The minimum absolute atomic E-state index is 0.382. The summed E-state index contributed by atoms with van der Waals surface area (Å²) in [6.07, 6.45) is 3.72. The summed E-state index contributed by atoms with van der Waals surface area (Å²) in [6.45, 7) is 6.29. The molecular weight excluding hydrogens is 232 g/mol. The lowest BCUT2D eigenvalue weighted by Crippen LogP contribution is -2.35. The molecule has 0 aliphatic heterocycles. The van der Waals surface area contributed by atoms with Crippen molar-refractivity contribution in [2.75, 3.05) is 0 Å². The van der Waals surface area contributed by atoms with Gasteiger partial charge in [-0.1, -0.05) is 42.8 Å². The molecule has 1 atom stereocenters. The highest BCUT2D eigenvalue weighted by Crippen LogP contribution is 2.22. The number of hydrogen-bond donors (Lipinski definition) is 1. The predicted octanol–water partition coefficient (Wildman–Crippen LogP) is 3.37. The number of aromatic nitrogens is 1. The molecule has 0 aliphatic rings. The standard InChI is InChI=1S/C17H22N2/c1-4-14-8-9-16(19-12-14)11-17(3,18)15-7-5-6-13(2)10-15/h5-10,12H,4,11,18H2,1-3H3. The number of pyridine rings is 1. The number of nitrogens with zero attached hydrogens (tertiary/aromatic N) is 1. The second-order valence-corrected chi connectivity index (χ2v) is 5.48. The quantitative estimate of drug-likeness (QED) is 0.908. The second-order valence-electron chi connectivity index (χ2n) is 5.48. The maximum Gasteiger partial charge on any atom is 0.0437 e. The molecule has 0 bridgehead atoms. The Balaban J connectivity index is 2.20. The fourth-order valence-corrected chi connectivity index (χ4v) is 2.25. The van der Waals surface area contributed by atoms with E-state index in [0.29, 0.717) is 0 Å². The van der Waals surface area contributed by atoms with E-state index in [2.05, 4.69) is 62.2 Å². The zero-order valence-corrected chi connectivity index (χ0v) is 12.0. The molecule has 2 aromatic rings. The Bertz CT molecular complexity index is 541. The van der Waals surface area contributed by atoms with Gasteiger partial charge in [0.25, 0.3) is 0 Å². The Kier molecular flexibility index (Phi) is 4.01. The van der Waals surface area contributed by atoms with Crippen molar-refractivity contribution in [3.63, 3.8) is 0 Å².